The number of carbonyl (C=O) groups is 2. The molecule has 82 valence electrons. The molecular weight excluding hydrogens is 238 g/mol. The normalized spacial score (nSPS) is 10.5. The van der Waals surface area contributed by atoms with Crippen molar-refractivity contribution in [2.75, 3.05) is 0 Å². The predicted molar refractivity (Wildman–Crippen MR) is 32.9 cm³/mol. The van der Waals surface area contributed by atoms with Gasteiger partial charge in [0.15, 0.2) is 0 Å². The number of carboxylic acid groups (broad SMARTS) is 2. The van der Waals surface area contributed by atoms with Crippen molar-refractivity contribution in [3.63, 3.8) is 0 Å². The Morgan fingerprint density at radius 3 is 1.00 bits per heavy atom. The second-order valence-electron chi connectivity index (χ2n) is 1.53. The fourth-order valence-electron chi connectivity index (χ4n) is 0.258. The van der Waals surface area contributed by atoms with Gasteiger partial charge in [-0.25, -0.2) is 0 Å². The molecule has 0 rings (SSSR count). The van der Waals surface area contributed by atoms with Crippen molar-refractivity contribution in [1.82, 2.24) is 0 Å². The number of carboxylic acids is 2. The van der Waals surface area contributed by atoms with Gasteiger partial charge in [-0.15, -0.1) is 0 Å². The average Bonchev–Trinajstić information content (AvgIpc) is 1.84. The van der Waals surface area contributed by atoms with Gasteiger partial charge in [0.25, 0.3) is 0 Å². The first-order valence-corrected chi connectivity index (χ1v) is 2.24. The monoisotopic (exact) mass is 248 g/mol. The number of aliphatic hydroxyl groups is 2. The van der Waals surface area contributed by atoms with E-state index in [0.29, 0.717) is 0 Å². The number of carbonyl (C=O) groups excluding carboxylic acids is 2. The van der Waals surface area contributed by atoms with Gasteiger partial charge in [-0.3, -0.25) is 0 Å². The molecule has 8 N–H and O–H groups in total. The van der Waals surface area contributed by atoms with Crippen LogP contribution in [0.2, 0.25) is 0 Å². The molecule has 0 aliphatic carbocycles. The van der Waals surface area contributed by atoms with Gasteiger partial charge >= 0.3 is 59.1 Å². The molecule has 15 heavy (non-hydrogen) atoms. The first-order chi connectivity index (χ1) is 4.46. The number of rotatable bonds is 3. The minimum absolute atomic E-state index is 0. The average molecular weight is 248 g/mol. The van der Waals surface area contributed by atoms with Crippen molar-refractivity contribution in [3.05, 3.63) is 0 Å². The van der Waals surface area contributed by atoms with Crippen LogP contribution in [0.15, 0.2) is 0 Å². The first kappa shape index (κ1) is 36.0. The van der Waals surface area contributed by atoms with Gasteiger partial charge in [0, 0.05) is 0 Å². The molecule has 0 aromatic rings. The molecule has 0 heterocycles. The molecule has 0 aromatic heterocycles. The zero-order valence-electron chi connectivity index (χ0n) is 8.18. The van der Waals surface area contributed by atoms with Crippen molar-refractivity contribution in [1.29, 1.82) is 0 Å². The Hall–Kier alpha value is 0.740. The summed E-state index contributed by atoms with van der Waals surface area (Å²) in [6.45, 7) is 0. The van der Waals surface area contributed by atoms with E-state index in [4.69, 9.17) is 10.2 Å². The van der Waals surface area contributed by atoms with Gasteiger partial charge in [0.05, 0.1) is 11.9 Å². The summed E-state index contributed by atoms with van der Waals surface area (Å²) in [4.78, 5) is 19.3. The molecule has 11 heteroatoms. The van der Waals surface area contributed by atoms with Gasteiger partial charge in [-0.2, -0.15) is 0 Å². The Balaban J connectivity index is -0.0000000405. The predicted octanol–water partition coefficient (Wildman–Crippen LogP) is -13.3. The van der Waals surface area contributed by atoms with Crippen molar-refractivity contribution >= 4 is 11.9 Å². The molecule has 0 saturated carbocycles. The summed E-state index contributed by atoms with van der Waals surface area (Å²) < 4.78 is 0. The van der Waals surface area contributed by atoms with E-state index in [-0.39, 0.29) is 75.5 Å². The molecule has 0 spiro atoms. The van der Waals surface area contributed by atoms with E-state index in [2.05, 4.69) is 0 Å². The van der Waals surface area contributed by atoms with Crippen LogP contribution in [-0.4, -0.2) is 50.8 Å². The van der Waals surface area contributed by atoms with Gasteiger partial charge in [0.1, 0.15) is 12.2 Å². The molecule has 0 aliphatic heterocycles. The summed E-state index contributed by atoms with van der Waals surface area (Å²) in [5.41, 5.74) is 0. The molecular formula is C4H10Na2O9. The Morgan fingerprint density at radius 2 is 0.933 bits per heavy atom. The van der Waals surface area contributed by atoms with Gasteiger partial charge in [-0.05, 0) is 0 Å². The van der Waals surface area contributed by atoms with Crippen LogP contribution >= 0.6 is 0 Å². The van der Waals surface area contributed by atoms with Crippen LogP contribution in [-0.2, 0) is 9.59 Å². The molecule has 2 atom stereocenters. The van der Waals surface area contributed by atoms with Crippen LogP contribution in [0.5, 0.6) is 0 Å². The zero-order valence-corrected chi connectivity index (χ0v) is 12.2. The number of hydrogen-bond donors (Lipinski definition) is 2. The number of hydrogen-bond acceptors (Lipinski definition) is 6. The third kappa shape index (κ3) is 14.7. The van der Waals surface area contributed by atoms with E-state index in [1.165, 1.54) is 0 Å². The molecule has 2 unspecified atom stereocenters. The molecule has 0 bridgehead atoms. The van der Waals surface area contributed by atoms with E-state index in [1.54, 1.807) is 0 Å². The van der Waals surface area contributed by atoms with Crippen LogP contribution in [0.4, 0.5) is 0 Å². The van der Waals surface area contributed by atoms with Crippen LogP contribution in [0.3, 0.4) is 0 Å². The molecule has 0 amide bonds. The second kappa shape index (κ2) is 17.1. The smallest absolute Gasteiger partial charge is 0.547 e. The summed E-state index contributed by atoms with van der Waals surface area (Å²) in [5, 5.41) is 35.7. The Bertz CT molecular complexity index is 144. The van der Waals surface area contributed by atoms with Crippen molar-refractivity contribution in [2.45, 2.75) is 12.2 Å². The van der Waals surface area contributed by atoms with Gasteiger partial charge < -0.3 is 46.4 Å². The summed E-state index contributed by atoms with van der Waals surface area (Å²) in [5.74, 6) is -4.12. The molecule has 0 aromatic carbocycles. The fourth-order valence-corrected chi connectivity index (χ4v) is 0.258. The zero-order chi connectivity index (χ0) is 8.31. The van der Waals surface area contributed by atoms with Gasteiger partial charge in [0.2, 0.25) is 0 Å². The molecule has 0 fully saturated rings. The van der Waals surface area contributed by atoms with Gasteiger partial charge in [-0.1, -0.05) is 0 Å². The van der Waals surface area contributed by atoms with Crippen molar-refractivity contribution in [2.24, 2.45) is 0 Å². The maximum Gasteiger partial charge on any atom is 1.00 e. The fraction of sp³-hybridized carbons (Fsp3) is 0.500. The Labute approximate surface area is 129 Å². The summed E-state index contributed by atoms with van der Waals surface area (Å²) in [7, 11) is 0. The van der Waals surface area contributed by atoms with E-state index in [9.17, 15) is 19.8 Å². The standard InChI is InChI=1S/C4H6O6.2Na.3H2O/c5-1(3(7)8)2(6)4(9)10;;;;;/h1-2,5-6H,(H,7,8)(H,9,10);;;3*1H2/q;2*+1;;;/p-2. The van der Waals surface area contributed by atoms with Crippen molar-refractivity contribution < 1.29 is 106 Å². The maximum absolute atomic E-state index is 9.63. The summed E-state index contributed by atoms with van der Waals surface area (Å²) in [6.07, 6.45) is -4.88. The van der Waals surface area contributed by atoms with Crippen molar-refractivity contribution in [3.8, 4) is 0 Å². The van der Waals surface area contributed by atoms with E-state index in [1.807, 2.05) is 0 Å². The maximum atomic E-state index is 9.63. The minimum atomic E-state index is -2.44. The minimum Gasteiger partial charge on any atom is -0.547 e. The van der Waals surface area contributed by atoms with E-state index >= 15 is 0 Å². The van der Waals surface area contributed by atoms with Crippen LogP contribution in [0.1, 0.15) is 0 Å². The Morgan fingerprint density at radius 1 is 0.800 bits per heavy atom. The van der Waals surface area contributed by atoms with E-state index in [0.717, 1.165) is 0 Å². The third-order valence-corrected chi connectivity index (χ3v) is 0.782. The summed E-state index contributed by atoms with van der Waals surface area (Å²) >= 11 is 0. The topological polar surface area (TPSA) is 215 Å². The molecule has 0 aliphatic rings. The first-order valence-electron chi connectivity index (χ1n) is 2.24. The second-order valence-corrected chi connectivity index (χ2v) is 1.53. The number of aliphatic hydroxyl groups excluding tert-OH is 2. The van der Waals surface area contributed by atoms with Crippen LogP contribution in [0.25, 0.3) is 0 Å². The number of aliphatic carboxylic acids is 2. The Kier molecular flexibility index (Phi) is 41.2. The third-order valence-electron chi connectivity index (χ3n) is 0.782. The quantitative estimate of drug-likeness (QED) is 0.461. The SMILES string of the molecule is O.O.O.O=C([O-])C(O)C(O)C(=O)[O-].[Na+].[Na+]. The molecule has 0 saturated heterocycles. The van der Waals surface area contributed by atoms with Crippen LogP contribution < -0.4 is 69.3 Å². The molecule has 0 radical (unpaired) electrons. The summed E-state index contributed by atoms with van der Waals surface area (Å²) in [6, 6.07) is 0. The van der Waals surface area contributed by atoms with Crippen LogP contribution in [0, 0.1) is 0 Å². The molecule has 9 nitrogen and oxygen atoms in total. The van der Waals surface area contributed by atoms with E-state index < -0.39 is 24.1 Å². The largest absolute Gasteiger partial charge is 1.00 e.